The highest BCUT2D eigenvalue weighted by Crippen LogP contribution is 2.36. The third-order valence-corrected chi connectivity index (χ3v) is 5.07. The van der Waals surface area contributed by atoms with Gasteiger partial charge in [0.25, 0.3) is 0 Å². The zero-order valence-corrected chi connectivity index (χ0v) is 13.2. The Hall–Kier alpha value is -1.31. The topological polar surface area (TPSA) is 26.3 Å². The third-order valence-electron chi connectivity index (χ3n) is 5.07. The van der Waals surface area contributed by atoms with Crippen LogP contribution >= 0.6 is 0 Å². The molecule has 21 heavy (non-hydrogen) atoms. The predicted octanol–water partition coefficient (Wildman–Crippen LogP) is 4.47. The molecule has 2 heteroatoms. The normalized spacial score (nSPS) is 28.3. The SMILES string of the molecule is CCCC1CCC(=O)C(CC2Cc3cc(C)ccc3O2)C1. The molecule has 1 saturated carbocycles. The molecule has 0 bridgehead atoms. The molecule has 0 amide bonds. The molecule has 1 fully saturated rings. The number of hydrogen-bond donors (Lipinski definition) is 0. The van der Waals surface area contributed by atoms with E-state index in [-0.39, 0.29) is 12.0 Å². The van der Waals surface area contributed by atoms with Gasteiger partial charge in [0.15, 0.2) is 0 Å². The Morgan fingerprint density at radius 1 is 1.33 bits per heavy atom. The Morgan fingerprint density at radius 2 is 2.19 bits per heavy atom. The number of Topliss-reactive ketones (excluding diaryl/α,β-unsaturated/α-hetero) is 1. The van der Waals surface area contributed by atoms with Crippen LogP contribution in [-0.2, 0) is 11.2 Å². The fourth-order valence-corrected chi connectivity index (χ4v) is 4.00. The van der Waals surface area contributed by atoms with E-state index in [1.807, 2.05) is 0 Å². The van der Waals surface area contributed by atoms with Gasteiger partial charge in [-0.3, -0.25) is 4.79 Å². The number of aryl methyl sites for hydroxylation is 1. The lowest BCUT2D eigenvalue weighted by Crippen LogP contribution is -2.29. The summed E-state index contributed by atoms with van der Waals surface area (Å²) < 4.78 is 6.06. The molecule has 2 nitrogen and oxygen atoms in total. The van der Waals surface area contributed by atoms with Gasteiger partial charge in [0.2, 0.25) is 0 Å². The van der Waals surface area contributed by atoms with Gasteiger partial charge < -0.3 is 4.74 Å². The number of carbonyl (C=O) groups is 1. The van der Waals surface area contributed by atoms with E-state index < -0.39 is 0 Å². The molecule has 2 aliphatic rings. The zero-order valence-electron chi connectivity index (χ0n) is 13.2. The van der Waals surface area contributed by atoms with E-state index >= 15 is 0 Å². The summed E-state index contributed by atoms with van der Waals surface area (Å²) in [5.74, 6) is 2.48. The summed E-state index contributed by atoms with van der Waals surface area (Å²) in [5.41, 5.74) is 2.60. The van der Waals surface area contributed by atoms with Crippen molar-refractivity contribution in [3.8, 4) is 5.75 Å². The molecule has 0 aromatic heterocycles. The lowest BCUT2D eigenvalue weighted by molar-refractivity contribution is -0.126. The highest BCUT2D eigenvalue weighted by molar-refractivity contribution is 5.81. The fraction of sp³-hybridized carbons (Fsp3) is 0.632. The molecule has 1 aliphatic heterocycles. The van der Waals surface area contributed by atoms with E-state index in [0.29, 0.717) is 5.78 Å². The lowest BCUT2D eigenvalue weighted by Gasteiger charge is -2.29. The second-order valence-electron chi connectivity index (χ2n) is 6.88. The van der Waals surface area contributed by atoms with Crippen molar-refractivity contribution in [1.29, 1.82) is 0 Å². The minimum atomic E-state index is 0.205. The Bertz CT molecular complexity index is 520. The molecule has 3 unspecified atom stereocenters. The smallest absolute Gasteiger partial charge is 0.136 e. The van der Waals surface area contributed by atoms with E-state index in [1.54, 1.807) is 0 Å². The molecule has 0 spiro atoms. The number of benzene rings is 1. The average Bonchev–Trinajstić information content (AvgIpc) is 2.84. The molecule has 0 saturated heterocycles. The maximum atomic E-state index is 12.2. The first-order valence-electron chi connectivity index (χ1n) is 8.44. The lowest BCUT2D eigenvalue weighted by atomic mass is 9.76. The van der Waals surface area contributed by atoms with Gasteiger partial charge in [-0.1, -0.05) is 37.5 Å². The van der Waals surface area contributed by atoms with Crippen LogP contribution in [-0.4, -0.2) is 11.9 Å². The van der Waals surface area contributed by atoms with Gasteiger partial charge in [-0.2, -0.15) is 0 Å². The minimum Gasteiger partial charge on any atom is -0.490 e. The van der Waals surface area contributed by atoms with Crippen LogP contribution in [0.25, 0.3) is 0 Å². The second-order valence-corrected chi connectivity index (χ2v) is 6.88. The van der Waals surface area contributed by atoms with E-state index in [9.17, 15) is 4.79 Å². The Morgan fingerprint density at radius 3 is 3.00 bits per heavy atom. The predicted molar refractivity (Wildman–Crippen MR) is 84.7 cm³/mol. The maximum Gasteiger partial charge on any atom is 0.136 e. The first-order chi connectivity index (χ1) is 10.2. The molecule has 114 valence electrons. The van der Waals surface area contributed by atoms with E-state index in [2.05, 4.69) is 32.0 Å². The number of rotatable bonds is 4. The molecule has 3 rings (SSSR count). The van der Waals surface area contributed by atoms with Crippen LogP contribution in [0.1, 0.15) is 56.6 Å². The van der Waals surface area contributed by atoms with Gasteiger partial charge in [0.05, 0.1) is 0 Å². The van der Waals surface area contributed by atoms with E-state index in [4.69, 9.17) is 4.74 Å². The summed E-state index contributed by atoms with van der Waals surface area (Å²) in [7, 11) is 0. The summed E-state index contributed by atoms with van der Waals surface area (Å²) in [5, 5.41) is 0. The first kappa shape index (κ1) is 14.6. The highest BCUT2D eigenvalue weighted by Gasteiger charge is 2.33. The molecule has 1 aromatic carbocycles. The van der Waals surface area contributed by atoms with Crippen LogP contribution in [0.5, 0.6) is 5.75 Å². The summed E-state index contributed by atoms with van der Waals surface area (Å²) in [6, 6.07) is 6.40. The highest BCUT2D eigenvalue weighted by atomic mass is 16.5. The molecule has 1 aliphatic carbocycles. The van der Waals surface area contributed by atoms with Crippen molar-refractivity contribution in [2.75, 3.05) is 0 Å². The van der Waals surface area contributed by atoms with E-state index in [1.165, 1.54) is 24.0 Å². The van der Waals surface area contributed by atoms with Crippen molar-refractivity contribution < 1.29 is 9.53 Å². The summed E-state index contributed by atoms with van der Waals surface area (Å²) in [4.78, 5) is 12.2. The molecule has 1 heterocycles. The summed E-state index contributed by atoms with van der Waals surface area (Å²) in [6.07, 6.45) is 7.57. The number of ether oxygens (including phenoxy) is 1. The van der Waals surface area contributed by atoms with Crippen LogP contribution in [0.4, 0.5) is 0 Å². The summed E-state index contributed by atoms with van der Waals surface area (Å²) in [6.45, 7) is 4.36. The molecular weight excluding hydrogens is 260 g/mol. The van der Waals surface area contributed by atoms with Crippen molar-refractivity contribution >= 4 is 5.78 Å². The molecule has 0 N–H and O–H groups in total. The van der Waals surface area contributed by atoms with Crippen LogP contribution in [0.2, 0.25) is 0 Å². The van der Waals surface area contributed by atoms with Gasteiger partial charge in [-0.05, 0) is 43.7 Å². The van der Waals surface area contributed by atoms with Gasteiger partial charge in [0, 0.05) is 18.8 Å². The Labute approximate surface area is 127 Å². The van der Waals surface area contributed by atoms with Crippen molar-refractivity contribution in [2.45, 2.75) is 64.9 Å². The van der Waals surface area contributed by atoms with E-state index in [0.717, 1.165) is 43.8 Å². The minimum absolute atomic E-state index is 0.205. The third kappa shape index (κ3) is 3.30. The van der Waals surface area contributed by atoms with Gasteiger partial charge >= 0.3 is 0 Å². The molecule has 1 aromatic rings. The summed E-state index contributed by atoms with van der Waals surface area (Å²) >= 11 is 0. The van der Waals surface area contributed by atoms with Crippen molar-refractivity contribution in [1.82, 2.24) is 0 Å². The molecular formula is C19H26O2. The van der Waals surface area contributed by atoms with Gasteiger partial charge in [-0.15, -0.1) is 0 Å². The monoisotopic (exact) mass is 286 g/mol. The van der Waals surface area contributed by atoms with Crippen molar-refractivity contribution in [3.63, 3.8) is 0 Å². The average molecular weight is 286 g/mol. The maximum absolute atomic E-state index is 12.2. The number of carbonyl (C=O) groups excluding carboxylic acids is 1. The number of hydrogen-bond acceptors (Lipinski definition) is 2. The molecule has 3 atom stereocenters. The quantitative estimate of drug-likeness (QED) is 0.816. The number of fused-ring (bicyclic) bond motifs is 1. The zero-order chi connectivity index (χ0) is 14.8. The first-order valence-corrected chi connectivity index (χ1v) is 8.44. The van der Waals surface area contributed by atoms with Crippen molar-refractivity contribution in [2.24, 2.45) is 11.8 Å². The molecule has 0 radical (unpaired) electrons. The van der Waals surface area contributed by atoms with Crippen LogP contribution in [0.3, 0.4) is 0 Å². The largest absolute Gasteiger partial charge is 0.490 e. The Kier molecular flexibility index (Phi) is 4.32. The number of ketones is 1. The fourth-order valence-electron chi connectivity index (χ4n) is 4.00. The Balaban J connectivity index is 1.61. The standard InChI is InChI=1S/C19H26O2/c1-3-4-14-6-7-18(20)15(10-14)11-17-12-16-9-13(2)5-8-19(16)21-17/h5,8-9,14-15,17H,3-4,6-7,10-12H2,1-2H3. The van der Waals surface area contributed by atoms with Crippen LogP contribution in [0, 0.1) is 18.8 Å². The van der Waals surface area contributed by atoms with Crippen LogP contribution < -0.4 is 4.74 Å². The second kappa shape index (κ2) is 6.21. The van der Waals surface area contributed by atoms with Crippen LogP contribution in [0.15, 0.2) is 18.2 Å². The van der Waals surface area contributed by atoms with Gasteiger partial charge in [0.1, 0.15) is 17.6 Å². The van der Waals surface area contributed by atoms with Crippen molar-refractivity contribution in [3.05, 3.63) is 29.3 Å². The van der Waals surface area contributed by atoms with Gasteiger partial charge in [-0.25, -0.2) is 0 Å².